The summed E-state index contributed by atoms with van der Waals surface area (Å²) in [6, 6.07) is 20.6. The topological polar surface area (TPSA) is 71.1 Å². The lowest BCUT2D eigenvalue weighted by molar-refractivity contribution is 0.0279. The fourth-order valence-electron chi connectivity index (χ4n) is 3.03. The molecule has 6 nitrogen and oxygen atoms in total. The lowest BCUT2D eigenvalue weighted by atomic mass is 9.99. The number of ether oxygens (including phenoxy) is 4. The third-order valence-electron chi connectivity index (χ3n) is 4.52. The van der Waals surface area contributed by atoms with Crippen LogP contribution in [0.2, 0.25) is 0 Å². The molecule has 30 heavy (non-hydrogen) atoms. The van der Waals surface area contributed by atoms with Crippen LogP contribution >= 0.6 is 0 Å². The van der Waals surface area contributed by atoms with Gasteiger partial charge in [0, 0.05) is 11.1 Å². The highest BCUT2D eigenvalue weighted by molar-refractivity contribution is 6.02. The van der Waals surface area contributed by atoms with Crippen molar-refractivity contribution in [1.82, 2.24) is 0 Å². The Hall–Kier alpha value is -3.80. The number of rotatable bonds is 8. The van der Waals surface area contributed by atoms with Crippen LogP contribution in [0.4, 0.5) is 0 Å². The molecule has 0 heterocycles. The summed E-state index contributed by atoms with van der Waals surface area (Å²) in [5, 5.41) is 0. The van der Waals surface area contributed by atoms with Gasteiger partial charge in [0.15, 0.2) is 17.6 Å². The van der Waals surface area contributed by atoms with Gasteiger partial charge < -0.3 is 18.9 Å². The molecule has 0 N–H and O–H groups in total. The van der Waals surface area contributed by atoms with Crippen molar-refractivity contribution >= 4 is 11.8 Å². The molecule has 3 aromatic carbocycles. The first kappa shape index (κ1) is 20.9. The molecule has 0 radical (unpaired) electrons. The second-order valence-corrected chi connectivity index (χ2v) is 6.34. The Morgan fingerprint density at radius 2 is 1.23 bits per heavy atom. The van der Waals surface area contributed by atoms with E-state index in [4.69, 9.17) is 18.9 Å². The molecule has 0 aliphatic carbocycles. The fourth-order valence-corrected chi connectivity index (χ4v) is 3.03. The average molecular weight is 406 g/mol. The summed E-state index contributed by atoms with van der Waals surface area (Å²) >= 11 is 0. The van der Waals surface area contributed by atoms with E-state index in [0.717, 1.165) is 0 Å². The van der Waals surface area contributed by atoms with Crippen LogP contribution in [0, 0.1) is 0 Å². The van der Waals surface area contributed by atoms with E-state index in [2.05, 4.69) is 0 Å². The van der Waals surface area contributed by atoms with E-state index in [-0.39, 0.29) is 11.3 Å². The number of ketones is 1. The number of esters is 1. The molecule has 154 valence electrons. The van der Waals surface area contributed by atoms with E-state index in [9.17, 15) is 9.59 Å². The largest absolute Gasteiger partial charge is 0.493 e. The highest BCUT2D eigenvalue weighted by atomic mass is 16.5. The molecular weight excluding hydrogens is 384 g/mol. The molecule has 3 aromatic rings. The van der Waals surface area contributed by atoms with E-state index in [1.54, 1.807) is 48.5 Å². The van der Waals surface area contributed by atoms with Gasteiger partial charge in [-0.25, -0.2) is 4.79 Å². The number of carbonyl (C=O) groups is 2. The lowest BCUT2D eigenvalue weighted by Crippen LogP contribution is -2.20. The van der Waals surface area contributed by atoms with Crippen molar-refractivity contribution in [2.24, 2.45) is 0 Å². The summed E-state index contributed by atoms with van der Waals surface area (Å²) in [5.74, 6) is -0.0182. The molecule has 0 amide bonds. The Kier molecular flexibility index (Phi) is 6.70. The number of benzene rings is 3. The molecule has 3 rings (SSSR count). The minimum Gasteiger partial charge on any atom is -0.493 e. The van der Waals surface area contributed by atoms with E-state index in [1.165, 1.54) is 33.5 Å². The van der Waals surface area contributed by atoms with Crippen molar-refractivity contribution < 1.29 is 28.5 Å². The van der Waals surface area contributed by atoms with E-state index >= 15 is 0 Å². The number of hydrogen-bond acceptors (Lipinski definition) is 6. The molecule has 0 fully saturated rings. The first-order valence-electron chi connectivity index (χ1n) is 9.24. The standard InChI is InChI=1S/C24H22O6/c1-27-19-14-18(15-20(28-2)23(19)29-3)24(26)30-22(17-12-8-5-9-13-17)21(25)16-10-6-4-7-11-16/h4-15,22H,1-3H3/t22-/m0/s1. The second kappa shape index (κ2) is 9.60. The van der Waals surface area contributed by atoms with Gasteiger partial charge in [-0.2, -0.15) is 0 Å². The first-order chi connectivity index (χ1) is 14.6. The lowest BCUT2D eigenvalue weighted by Gasteiger charge is -2.19. The Morgan fingerprint density at radius 1 is 0.700 bits per heavy atom. The molecule has 0 bridgehead atoms. The third kappa shape index (κ3) is 4.43. The SMILES string of the molecule is COc1cc(C(=O)O[C@H](C(=O)c2ccccc2)c2ccccc2)cc(OC)c1OC. The zero-order valence-corrected chi connectivity index (χ0v) is 17.0. The van der Waals surface area contributed by atoms with Gasteiger partial charge in [-0.1, -0.05) is 60.7 Å². The van der Waals surface area contributed by atoms with Crippen LogP contribution in [0.25, 0.3) is 0 Å². The van der Waals surface area contributed by atoms with Crippen molar-refractivity contribution in [3.05, 3.63) is 89.5 Å². The zero-order chi connectivity index (χ0) is 21.5. The summed E-state index contributed by atoms with van der Waals surface area (Å²) in [5.41, 5.74) is 1.20. The summed E-state index contributed by atoms with van der Waals surface area (Å²) < 4.78 is 21.5. The van der Waals surface area contributed by atoms with Crippen molar-refractivity contribution in [3.8, 4) is 17.2 Å². The third-order valence-corrected chi connectivity index (χ3v) is 4.52. The summed E-state index contributed by atoms with van der Waals surface area (Å²) in [6.07, 6.45) is -1.10. The maximum atomic E-state index is 13.1. The molecule has 0 saturated carbocycles. The van der Waals surface area contributed by atoms with Gasteiger partial charge in [-0.05, 0) is 12.1 Å². The Labute approximate surface area is 175 Å². The van der Waals surface area contributed by atoms with Gasteiger partial charge in [-0.3, -0.25) is 4.79 Å². The van der Waals surface area contributed by atoms with Crippen LogP contribution < -0.4 is 14.2 Å². The molecule has 0 saturated heterocycles. The predicted molar refractivity (Wildman–Crippen MR) is 111 cm³/mol. The molecule has 0 aromatic heterocycles. The van der Waals surface area contributed by atoms with Crippen LogP contribution in [0.1, 0.15) is 32.4 Å². The summed E-state index contributed by atoms with van der Waals surface area (Å²) in [7, 11) is 4.39. The zero-order valence-electron chi connectivity index (χ0n) is 17.0. The van der Waals surface area contributed by atoms with Crippen LogP contribution in [0.5, 0.6) is 17.2 Å². The predicted octanol–water partition coefficient (Wildman–Crippen LogP) is 4.49. The van der Waals surface area contributed by atoms with E-state index in [0.29, 0.717) is 28.4 Å². The Bertz CT molecular complexity index is 989. The molecule has 0 spiro atoms. The monoisotopic (exact) mass is 406 g/mol. The molecule has 0 aliphatic heterocycles. The second-order valence-electron chi connectivity index (χ2n) is 6.34. The number of Topliss-reactive ketones (excluding diaryl/α,β-unsaturated/α-hetero) is 1. The van der Waals surface area contributed by atoms with Gasteiger partial charge in [0.05, 0.1) is 26.9 Å². The van der Waals surface area contributed by atoms with Crippen LogP contribution in [-0.4, -0.2) is 33.1 Å². The first-order valence-corrected chi connectivity index (χ1v) is 9.24. The van der Waals surface area contributed by atoms with Gasteiger partial charge in [0.25, 0.3) is 0 Å². The summed E-state index contributed by atoms with van der Waals surface area (Å²) in [4.78, 5) is 26.1. The molecule has 6 heteroatoms. The fraction of sp³-hybridized carbons (Fsp3) is 0.167. The normalized spacial score (nSPS) is 11.3. The Morgan fingerprint density at radius 3 is 1.73 bits per heavy atom. The van der Waals surface area contributed by atoms with Crippen LogP contribution in [0.15, 0.2) is 72.8 Å². The van der Waals surface area contributed by atoms with Crippen molar-refractivity contribution in [2.75, 3.05) is 21.3 Å². The average Bonchev–Trinajstić information content (AvgIpc) is 2.81. The number of methoxy groups -OCH3 is 3. The Balaban J connectivity index is 1.97. The van der Waals surface area contributed by atoms with Crippen molar-refractivity contribution in [3.63, 3.8) is 0 Å². The highest BCUT2D eigenvalue weighted by Crippen LogP contribution is 2.38. The van der Waals surface area contributed by atoms with Crippen LogP contribution in [0.3, 0.4) is 0 Å². The van der Waals surface area contributed by atoms with Gasteiger partial charge >= 0.3 is 5.97 Å². The van der Waals surface area contributed by atoms with Crippen LogP contribution in [-0.2, 0) is 4.74 Å². The minimum atomic E-state index is -1.10. The number of carbonyl (C=O) groups excluding carboxylic acids is 2. The maximum absolute atomic E-state index is 13.1. The quantitative estimate of drug-likeness (QED) is 0.405. The van der Waals surface area contributed by atoms with E-state index in [1.807, 2.05) is 12.1 Å². The molecule has 1 atom stereocenters. The molecule has 0 unspecified atom stereocenters. The maximum Gasteiger partial charge on any atom is 0.339 e. The highest BCUT2D eigenvalue weighted by Gasteiger charge is 2.28. The van der Waals surface area contributed by atoms with Gasteiger partial charge in [0.1, 0.15) is 0 Å². The van der Waals surface area contributed by atoms with Crippen molar-refractivity contribution in [2.45, 2.75) is 6.10 Å². The van der Waals surface area contributed by atoms with Crippen molar-refractivity contribution in [1.29, 1.82) is 0 Å². The molecule has 0 aliphatic rings. The van der Waals surface area contributed by atoms with E-state index < -0.39 is 12.1 Å². The van der Waals surface area contributed by atoms with Gasteiger partial charge in [0.2, 0.25) is 11.5 Å². The smallest absolute Gasteiger partial charge is 0.339 e. The van der Waals surface area contributed by atoms with Gasteiger partial charge in [-0.15, -0.1) is 0 Å². The molecular formula is C24H22O6. The number of hydrogen-bond donors (Lipinski definition) is 0. The summed E-state index contributed by atoms with van der Waals surface area (Å²) in [6.45, 7) is 0. The minimum absolute atomic E-state index is 0.172.